The molecule has 0 spiro atoms. The van der Waals surface area contributed by atoms with Gasteiger partial charge in [0.2, 0.25) is 0 Å². The number of nitrogens with two attached hydrogens (primary N) is 1. The molecule has 0 aliphatic heterocycles. The van der Waals surface area contributed by atoms with Crippen molar-refractivity contribution in [3.63, 3.8) is 0 Å². The highest BCUT2D eigenvalue weighted by Crippen LogP contribution is 2.29. The fourth-order valence-corrected chi connectivity index (χ4v) is 1.83. The number of carbonyl (C=O) groups excluding carboxylic acids is 1. The number of hydrogen-bond acceptors (Lipinski definition) is 3. The fourth-order valence-electron chi connectivity index (χ4n) is 1.83. The number of oxime groups is 1. The van der Waals surface area contributed by atoms with E-state index in [1.54, 1.807) is 29.2 Å². The summed E-state index contributed by atoms with van der Waals surface area (Å²) in [6.45, 7) is 0.820. The van der Waals surface area contributed by atoms with Gasteiger partial charge in [-0.05, 0) is 30.9 Å². The van der Waals surface area contributed by atoms with Crippen LogP contribution in [0.5, 0.6) is 0 Å². The Morgan fingerprint density at radius 2 is 1.94 bits per heavy atom. The Hall–Kier alpha value is -2.04. The molecule has 0 radical (unpaired) electrons. The molecule has 96 valence electrons. The van der Waals surface area contributed by atoms with E-state index in [1.165, 1.54) is 12.8 Å². The third-order valence-corrected chi connectivity index (χ3v) is 3.11. The molecular weight excluding hydrogens is 230 g/mol. The van der Waals surface area contributed by atoms with Crippen molar-refractivity contribution in [2.24, 2.45) is 16.8 Å². The first kappa shape index (κ1) is 12.4. The monoisotopic (exact) mass is 247 g/mol. The highest BCUT2D eigenvalue weighted by molar-refractivity contribution is 5.99. The lowest BCUT2D eigenvalue weighted by molar-refractivity contribution is 0.0788. The largest absolute Gasteiger partial charge is 0.409 e. The van der Waals surface area contributed by atoms with Gasteiger partial charge in [-0.2, -0.15) is 0 Å². The van der Waals surface area contributed by atoms with Crippen LogP contribution >= 0.6 is 0 Å². The second-order valence-electron chi connectivity index (χ2n) is 4.69. The van der Waals surface area contributed by atoms with Crippen molar-refractivity contribution >= 4 is 11.7 Å². The van der Waals surface area contributed by atoms with E-state index in [0.717, 1.165) is 6.54 Å². The summed E-state index contributed by atoms with van der Waals surface area (Å²) in [7, 11) is 1.82. The molecule has 1 fully saturated rings. The molecular formula is C13H17N3O2. The Morgan fingerprint density at radius 1 is 1.39 bits per heavy atom. The molecule has 1 aliphatic carbocycles. The summed E-state index contributed by atoms with van der Waals surface area (Å²) in [5.41, 5.74) is 6.67. The van der Waals surface area contributed by atoms with Crippen LogP contribution in [0.25, 0.3) is 0 Å². The number of amides is 1. The van der Waals surface area contributed by atoms with E-state index >= 15 is 0 Å². The summed E-state index contributed by atoms with van der Waals surface area (Å²) in [6.07, 6.45) is 2.44. The van der Waals surface area contributed by atoms with Gasteiger partial charge in [-0.15, -0.1) is 0 Å². The van der Waals surface area contributed by atoms with Crippen LogP contribution in [0, 0.1) is 5.92 Å². The van der Waals surface area contributed by atoms with E-state index in [9.17, 15) is 4.79 Å². The van der Waals surface area contributed by atoms with E-state index in [4.69, 9.17) is 10.9 Å². The van der Waals surface area contributed by atoms with Crippen molar-refractivity contribution in [2.45, 2.75) is 12.8 Å². The quantitative estimate of drug-likeness (QED) is 0.364. The van der Waals surface area contributed by atoms with Gasteiger partial charge in [0.25, 0.3) is 5.91 Å². The Balaban J connectivity index is 2.06. The first-order valence-electron chi connectivity index (χ1n) is 5.95. The first-order chi connectivity index (χ1) is 8.61. The standard InChI is InChI=1S/C13H17N3O2/c1-16(8-9-2-3-9)13(17)11-6-4-10(5-7-11)12(14)15-18/h4-7,9,18H,2-3,8H2,1H3,(H2,14,15). The van der Waals surface area contributed by atoms with E-state index in [0.29, 0.717) is 17.0 Å². The number of nitrogens with zero attached hydrogens (tertiary/aromatic N) is 2. The van der Waals surface area contributed by atoms with Crippen LogP contribution < -0.4 is 5.73 Å². The Labute approximate surface area is 106 Å². The summed E-state index contributed by atoms with van der Waals surface area (Å²) in [6, 6.07) is 6.73. The number of benzene rings is 1. The summed E-state index contributed by atoms with van der Waals surface area (Å²) in [5, 5.41) is 11.5. The number of carbonyl (C=O) groups is 1. The Bertz CT molecular complexity index is 464. The van der Waals surface area contributed by atoms with Gasteiger partial charge in [-0.25, -0.2) is 0 Å². The predicted octanol–water partition coefficient (Wildman–Crippen LogP) is 1.26. The molecule has 0 saturated heterocycles. The smallest absolute Gasteiger partial charge is 0.253 e. The second kappa shape index (κ2) is 5.08. The highest BCUT2D eigenvalue weighted by atomic mass is 16.4. The molecule has 1 saturated carbocycles. The third kappa shape index (κ3) is 2.80. The fraction of sp³-hybridized carbons (Fsp3) is 0.385. The maximum Gasteiger partial charge on any atom is 0.253 e. The van der Waals surface area contributed by atoms with Crippen molar-refractivity contribution in [3.8, 4) is 0 Å². The van der Waals surface area contributed by atoms with E-state index in [2.05, 4.69) is 5.16 Å². The van der Waals surface area contributed by atoms with Gasteiger partial charge in [0.15, 0.2) is 5.84 Å². The average Bonchev–Trinajstić information content (AvgIpc) is 3.21. The van der Waals surface area contributed by atoms with Gasteiger partial charge < -0.3 is 15.8 Å². The maximum absolute atomic E-state index is 12.1. The van der Waals surface area contributed by atoms with Crippen LogP contribution in [0.15, 0.2) is 29.4 Å². The molecule has 0 heterocycles. The summed E-state index contributed by atoms with van der Waals surface area (Å²) < 4.78 is 0. The van der Waals surface area contributed by atoms with Gasteiger partial charge in [-0.3, -0.25) is 4.79 Å². The zero-order valence-corrected chi connectivity index (χ0v) is 10.3. The van der Waals surface area contributed by atoms with Crippen molar-refractivity contribution in [1.29, 1.82) is 0 Å². The number of rotatable bonds is 4. The van der Waals surface area contributed by atoms with E-state index < -0.39 is 0 Å². The lowest BCUT2D eigenvalue weighted by atomic mass is 10.1. The van der Waals surface area contributed by atoms with E-state index in [1.807, 2.05) is 7.05 Å². The molecule has 0 unspecified atom stereocenters. The summed E-state index contributed by atoms with van der Waals surface area (Å²) >= 11 is 0. The normalized spacial score (nSPS) is 15.5. The molecule has 0 aromatic heterocycles. The van der Waals surface area contributed by atoms with Crippen LogP contribution in [-0.4, -0.2) is 35.4 Å². The first-order valence-corrected chi connectivity index (χ1v) is 5.95. The summed E-state index contributed by atoms with van der Waals surface area (Å²) in [5.74, 6) is 0.726. The Kier molecular flexibility index (Phi) is 3.50. The molecule has 5 heteroatoms. The second-order valence-corrected chi connectivity index (χ2v) is 4.69. The molecule has 1 aromatic carbocycles. The van der Waals surface area contributed by atoms with Gasteiger partial charge in [0.1, 0.15) is 0 Å². The van der Waals surface area contributed by atoms with Crippen molar-refractivity contribution in [2.75, 3.05) is 13.6 Å². The minimum absolute atomic E-state index is 0.00737. The van der Waals surface area contributed by atoms with Gasteiger partial charge in [0.05, 0.1) is 0 Å². The van der Waals surface area contributed by atoms with Crippen LogP contribution in [0.4, 0.5) is 0 Å². The highest BCUT2D eigenvalue weighted by Gasteiger charge is 2.25. The van der Waals surface area contributed by atoms with Gasteiger partial charge >= 0.3 is 0 Å². The van der Waals surface area contributed by atoms with Gasteiger partial charge in [0, 0.05) is 24.7 Å². The lowest BCUT2D eigenvalue weighted by Crippen LogP contribution is -2.28. The van der Waals surface area contributed by atoms with Crippen LogP contribution in [0.3, 0.4) is 0 Å². The van der Waals surface area contributed by atoms with Gasteiger partial charge in [-0.1, -0.05) is 17.3 Å². The van der Waals surface area contributed by atoms with Crippen LogP contribution in [0.2, 0.25) is 0 Å². The molecule has 1 amide bonds. The average molecular weight is 247 g/mol. The molecule has 1 aromatic rings. The van der Waals surface area contributed by atoms with Crippen LogP contribution in [0.1, 0.15) is 28.8 Å². The number of amidine groups is 1. The molecule has 18 heavy (non-hydrogen) atoms. The van der Waals surface area contributed by atoms with E-state index in [-0.39, 0.29) is 11.7 Å². The molecule has 1 aliphatic rings. The minimum atomic E-state index is 0.00737. The van der Waals surface area contributed by atoms with Crippen molar-refractivity contribution in [3.05, 3.63) is 35.4 Å². The van der Waals surface area contributed by atoms with Crippen molar-refractivity contribution in [1.82, 2.24) is 4.90 Å². The number of hydrogen-bond donors (Lipinski definition) is 2. The van der Waals surface area contributed by atoms with Crippen molar-refractivity contribution < 1.29 is 10.0 Å². The Morgan fingerprint density at radius 3 is 2.44 bits per heavy atom. The lowest BCUT2D eigenvalue weighted by Gasteiger charge is -2.16. The third-order valence-electron chi connectivity index (χ3n) is 3.11. The molecule has 0 atom stereocenters. The topological polar surface area (TPSA) is 78.9 Å². The molecule has 0 bridgehead atoms. The maximum atomic E-state index is 12.1. The van der Waals surface area contributed by atoms with Crippen LogP contribution in [-0.2, 0) is 0 Å². The minimum Gasteiger partial charge on any atom is -0.409 e. The molecule has 5 nitrogen and oxygen atoms in total. The predicted molar refractivity (Wildman–Crippen MR) is 68.6 cm³/mol. The SMILES string of the molecule is CN(CC1CC1)C(=O)c1ccc(/C(N)=N/O)cc1. The summed E-state index contributed by atoms with van der Waals surface area (Å²) in [4.78, 5) is 13.8. The molecule has 3 N–H and O–H groups in total. The molecule has 2 rings (SSSR count). The zero-order chi connectivity index (χ0) is 13.1. The zero-order valence-electron chi connectivity index (χ0n) is 10.3.